The molecular formula is C21H33IN4OS. The van der Waals surface area contributed by atoms with Gasteiger partial charge in [-0.25, -0.2) is 0 Å². The molecule has 1 fully saturated rings. The molecule has 2 heterocycles. The molecule has 28 heavy (non-hydrogen) atoms. The van der Waals surface area contributed by atoms with Gasteiger partial charge in [0, 0.05) is 35.8 Å². The molecule has 0 spiro atoms. The van der Waals surface area contributed by atoms with Gasteiger partial charge in [-0.3, -0.25) is 9.89 Å². The molecule has 5 nitrogen and oxygen atoms in total. The van der Waals surface area contributed by atoms with Crippen molar-refractivity contribution in [1.82, 2.24) is 15.5 Å². The average molecular weight is 516 g/mol. The second-order valence-corrected chi connectivity index (χ2v) is 8.71. The Balaban J connectivity index is 0.00000280. The predicted octanol–water partition coefficient (Wildman–Crippen LogP) is 3.84. The van der Waals surface area contributed by atoms with Gasteiger partial charge < -0.3 is 15.7 Å². The van der Waals surface area contributed by atoms with E-state index in [1.54, 1.807) is 18.4 Å². The van der Waals surface area contributed by atoms with E-state index in [0.29, 0.717) is 18.5 Å². The first-order chi connectivity index (χ1) is 13.1. The van der Waals surface area contributed by atoms with Crippen molar-refractivity contribution < 1.29 is 5.11 Å². The van der Waals surface area contributed by atoms with E-state index in [2.05, 4.69) is 52.6 Å². The van der Waals surface area contributed by atoms with Gasteiger partial charge in [0.25, 0.3) is 0 Å². The lowest BCUT2D eigenvalue weighted by molar-refractivity contribution is 0.183. The molecular weight excluding hydrogens is 483 g/mol. The molecule has 2 unspecified atom stereocenters. The Kier molecular flexibility index (Phi) is 9.46. The van der Waals surface area contributed by atoms with Gasteiger partial charge in [0.1, 0.15) is 6.10 Å². The van der Waals surface area contributed by atoms with Crippen LogP contribution in [0.1, 0.15) is 37.7 Å². The van der Waals surface area contributed by atoms with Crippen LogP contribution in [0.5, 0.6) is 0 Å². The van der Waals surface area contributed by atoms with Crippen molar-refractivity contribution in [2.75, 3.05) is 33.2 Å². The maximum Gasteiger partial charge on any atom is 0.191 e. The monoisotopic (exact) mass is 516 g/mol. The van der Waals surface area contributed by atoms with Crippen LogP contribution in [-0.4, -0.2) is 55.2 Å². The molecule has 1 aromatic heterocycles. The first-order valence-corrected chi connectivity index (χ1v) is 10.7. The van der Waals surface area contributed by atoms with Gasteiger partial charge in [-0.1, -0.05) is 32.0 Å². The highest BCUT2D eigenvalue weighted by molar-refractivity contribution is 14.0. The number of nitrogens with one attached hydrogen (secondary N) is 2. The second-order valence-electron chi connectivity index (χ2n) is 7.59. The van der Waals surface area contributed by atoms with Crippen LogP contribution in [0.3, 0.4) is 0 Å². The molecule has 1 aliphatic rings. The number of rotatable bonds is 7. The largest absolute Gasteiger partial charge is 0.386 e. The normalized spacial score (nSPS) is 17.5. The lowest BCUT2D eigenvalue weighted by Gasteiger charge is -2.31. The third-order valence-electron chi connectivity index (χ3n) is 5.32. The fourth-order valence-corrected chi connectivity index (χ4v) is 4.79. The lowest BCUT2D eigenvalue weighted by Crippen LogP contribution is -2.49. The summed E-state index contributed by atoms with van der Waals surface area (Å²) >= 11 is 1.65. The summed E-state index contributed by atoms with van der Waals surface area (Å²) < 4.78 is 1.21. The fraction of sp³-hybridized carbons (Fsp3) is 0.571. The zero-order chi connectivity index (χ0) is 19.2. The van der Waals surface area contributed by atoms with E-state index in [-0.39, 0.29) is 24.0 Å². The summed E-state index contributed by atoms with van der Waals surface area (Å²) in [6.07, 6.45) is 2.06. The number of nitrogens with zero attached hydrogens (tertiary/aromatic N) is 2. The molecule has 2 aromatic rings. The van der Waals surface area contributed by atoms with Crippen LogP contribution < -0.4 is 10.6 Å². The van der Waals surface area contributed by atoms with Crippen molar-refractivity contribution in [3.8, 4) is 0 Å². The van der Waals surface area contributed by atoms with Gasteiger partial charge >= 0.3 is 0 Å². The lowest BCUT2D eigenvalue weighted by atomic mass is 10.0. The minimum absolute atomic E-state index is 0. The average Bonchev–Trinajstić information content (AvgIpc) is 3.33. The van der Waals surface area contributed by atoms with Crippen LogP contribution in [0, 0.1) is 5.92 Å². The quantitative estimate of drug-likeness (QED) is 0.298. The molecule has 3 rings (SSSR count). The minimum atomic E-state index is -0.541. The molecule has 3 N–H and O–H groups in total. The summed E-state index contributed by atoms with van der Waals surface area (Å²) in [5.41, 5.74) is 0. The summed E-state index contributed by atoms with van der Waals surface area (Å²) in [5.74, 6) is 1.35. The van der Waals surface area contributed by atoms with Crippen LogP contribution in [0.4, 0.5) is 0 Å². The Morgan fingerprint density at radius 1 is 1.18 bits per heavy atom. The number of aliphatic hydroxyl groups is 1. The number of aliphatic imine (C=N–C) groups is 1. The smallest absolute Gasteiger partial charge is 0.191 e. The topological polar surface area (TPSA) is 59.9 Å². The van der Waals surface area contributed by atoms with Crippen molar-refractivity contribution in [2.24, 2.45) is 10.9 Å². The van der Waals surface area contributed by atoms with Gasteiger partial charge in [0.15, 0.2) is 5.96 Å². The highest BCUT2D eigenvalue weighted by atomic mass is 127. The SMILES string of the molecule is CN=C(NCC(O)c1cc2ccccc2s1)NCC(C(C)C)N1CCCC1.I. The van der Waals surface area contributed by atoms with E-state index in [1.807, 2.05) is 12.1 Å². The number of thiophene rings is 1. The van der Waals surface area contributed by atoms with Crippen LogP contribution in [0.25, 0.3) is 10.1 Å². The molecule has 0 radical (unpaired) electrons. The molecule has 1 aliphatic heterocycles. The van der Waals surface area contributed by atoms with Crippen molar-refractivity contribution in [3.05, 3.63) is 35.2 Å². The third-order valence-corrected chi connectivity index (χ3v) is 6.53. The maximum absolute atomic E-state index is 10.6. The number of likely N-dealkylation sites (tertiary alicyclic amines) is 1. The Bertz CT molecular complexity index is 725. The minimum Gasteiger partial charge on any atom is -0.386 e. The molecule has 2 atom stereocenters. The van der Waals surface area contributed by atoms with E-state index >= 15 is 0 Å². The third kappa shape index (κ3) is 6.05. The van der Waals surface area contributed by atoms with E-state index in [1.165, 1.54) is 36.0 Å². The Morgan fingerprint density at radius 2 is 1.86 bits per heavy atom. The van der Waals surface area contributed by atoms with Gasteiger partial charge in [-0.15, -0.1) is 35.3 Å². The standard InChI is InChI=1S/C21H32N4OS.HI/c1-15(2)17(25-10-6-7-11-25)13-23-21(22-3)24-14-18(26)20-12-16-8-4-5-9-19(16)27-20;/h4-5,8-9,12,15,17-18,26H,6-7,10-11,13-14H2,1-3H3,(H2,22,23,24);1H. The number of hydrogen-bond acceptors (Lipinski definition) is 4. The van der Waals surface area contributed by atoms with Crippen molar-refractivity contribution >= 4 is 51.4 Å². The molecule has 1 aromatic carbocycles. The second kappa shape index (κ2) is 11.3. The predicted molar refractivity (Wildman–Crippen MR) is 131 cm³/mol. The van der Waals surface area contributed by atoms with Crippen LogP contribution >= 0.6 is 35.3 Å². The van der Waals surface area contributed by atoms with Gasteiger partial charge in [-0.2, -0.15) is 0 Å². The van der Waals surface area contributed by atoms with E-state index in [4.69, 9.17) is 0 Å². The maximum atomic E-state index is 10.6. The Labute approximate surface area is 189 Å². The van der Waals surface area contributed by atoms with Crippen molar-refractivity contribution in [3.63, 3.8) is 0 Å². The highest BCUT2D eigenvalue weighted by Crippen LogP contribution is 2.29. The zero-order valence-electron chi connectivity index (χ0n) is 17.0. The number of halogens is 1. The highest BCUT2D eigenvalue weighted by Gasteiger charge is 2.24. The molecule has 7 heteroatoms. The van der Waals surface area contributed by atoms with Crippen LogP contribution in [-0.2, 0) is 0 Å². The van der Waals surface area contributed by atoms with Gasteiger partial charge in [0.05, 0.1) is 0 Å². The first kappa shape index (κ1) is 23.4. The molecule has 1 saturated heterocycles. The van der Waals surface area contributed by atoms with Crippen molar-refractivity contribution in [2.45, 2.75) is 38.8 Å². The summed E-state index contributed by atoms with van der Waals surface area (Å²) in [6, 6.07) is 10.8. The Morgan fingerprint density at radius 3 is 2.50 bits per heavy atom. The molecule has 0 aliphatic carbocycles. The molecule has 156 valence electrons. The number of guanidine groups is 1. The number of aliphatic hydroxyl groups excluding tert-OH is 1. The van der Waals surface area contributed by atoms with Gasteiger partial charge in [0.2, 0.25) is 0 Å². The summed E-state index contributed by atoms with van der Waals surface area (Å²) in [6.45, 7) is 8.28. The summed E-state index contributed by atoms with van der Waals surface area (Å²) in [4.78, 5) is 7.89. The van der Waals surface area contributed by atoms with Gasteiger partial charge in [-0.05, 0) is 49.4 Å². The van der Waals surface area contributed by atoms with E-state index in [9.17, 15) is 5.11 Å². The molecule has 0 amide bonds. The molecule has 0 bridgehead atoms. The zero-order valence-corrected chi connectivity index (χ0v) is 20.2. The van der Waals surface area contributed by atoms with E-state index < -0.39 is 6.10 Å². The number of hydrogen-bond donors (Lipinski definition) is 3. The Hall–Kier alpha value is -0.900. The summed E-state index contributed by atoms with van der Waals surface area (Å²) in [7, 11) is 1.78. The van der Waals surface area contributed by atoms with E-state index in [0.717, 1.165) is 17.4 Å². The molecule has 0 saturated carbocycles. The fourth-order valence-electron chi connectivity index (χ4n) is 3.74. The number of benzene rings is 1. The van der Waals surface area contributed by atoms with Crippen LogP contribution in [0.2, 0.25) is 0 Å². The van der Waals surface area contributed by atoms with Crippen molar-refractivity contribution in [1.29, 1.82) is 0 Å². The summed E-state index contributed by atoms with van der Waals surface area (Å²) in [5, 5.41) is 18.5. The van der Waals surface area contributed by atoms with Crippen LogP contribution in [0.15, 0.2) is 35.3 Å². The number of fused-ring (bicyclic) bond motifs is 1. The first-order valence-electron chi connectivity index (χ1n) is 9.93.